The lowest BCUT2D eigenvalue weighted by molar-refractivity contribution is 0.103. The molecule has 0 unspecified atom stereocenters. The van der Waals surface area contributed by atoms with Crippen molar-refractivity contribution in [3.63, 3.8) is 0 Å². The molecule has 152 valence electrons. The molecule has 0 fully saturated rings. The van der Waals surface area contributed by atoms with E-state index in [1.165, 1.54) is 27.3 Å². The Labute approximate surface area is 182 Å². The van der Waals surface area contributed by atoms with Gasteiger partial charge in [0, 0.05) is 11.1 Å². The number of nitrogens with one attached hydrogen (secondary N) is 1. The number of methoxy groups -OCH3 is 1. The Kier molecular flexibility index (Phi) is 4.92. The first kappa shape index (κ1) is 19.1. The zero-order valence-electron chi connectivity index (χ0n) is 16.5. The Morgan fingerprint density at radius 3 is 2.60 bits per heavy atom. The van der Waals surface area contributed by atoms with Crippen molar-refractivity contribution in [1.82, 2.24) is 4.98 Å². The minimum Gasteiger partial charge on any atom is -0.497 e. The van der Waals surface area contributed by atoms with Gasteiger partial charge in [-0.05, 0) is 72.5 Å². The van der Waals surface area contributed by atoms with Gasteiger partial charge in [-0.25, -0.2) is 4.98 Å². The van der Waals surface area contributed by atoms with Crippen LogP contribution in [0, 0.1) is 0 Å². The van der Waals surface area contributed by atoms with E-state index in [1.54, 1.807) is 18.4 Å². The van der Waals surface area contributed by atoms with E-state index in [0.29, 0.717) is 16.3 Å². The number of aryl methyl sites for hydroxylation is 1. The monoisotopic (exact) mass is 435 g/mol. The number of fused-ring (bicyclic) bond motifs is 3. The van der Waals surface area contributed by atoms with Gasteiger partial charge < -0.3 is 15.8 Å². The number of carbonyl (C=O) groups excluding carboxylic acids is 1. The molecule has 1 aliphatic carbocycles. The van der Waals surface area contributed by atoms with Gasteiger partial charge in [0.15, 0.2) is 0 Å². The van der Waals surface area contributed by atoms with E-state index in [9.17, 15) is 4.79 Å². The third kappa shape index (κ3) is 3.24. The normalized spacial score (nSPS) is 13.2. The molecule has 5 nitrogen and oxygen atoms in total. The lowest BCUT2D eigenvalue weighted by Gasteiger charge is -2.19. The SMILES string of the molecule is COc1ccc(NC(=O)c2sc3nc(-c4cccs4)c4c(c3c2N)CCCC4)cc1. The van der Waals surface area contributed by atoms with Crippen LogP contribution < -0.4 is 15.8 Å². The van der Waals surface area contributed by atoms with E-state index in [-0.39, 0.29) is 5.91 Å². The quantitative estimate of drug-likeness (QED) is 0.428. The standard InChI is InChI=1S/C23H21N3O2S2/c1-28-14-10-8-13(9-11-14)25-22(27)21-19(24)18-15-5-2-3-6-16(15)20(26-23(18)30-21)17-7-4-12-29-17/h4,7-12H,2-3,5-6,24H2,1H3,(H,25,27). The molecule has 1 amide bonds. The topological polar surface area (TPSA) is 77.2 Å². The molecule has 5 rings (SSSR count). The Morgan fingerprint density at radius 1 is 1.13 bits per heavy atom. The Hall–Kier alpha value is -2.90. The van der Waals surface area contributed by atoms with Crippen LogP contribution >= 0.6 is 22.7 Å². The van der Waals surface area contributed by atoms with Crippen LogP contribution in [-0.4, -0.2) is 18.0 Å². The van der Waals surface area contributed by atoms with Gasteiger partial charge in [0.1, 0.15) is 15.5 Å². The molecule has 1 aliphatic rings. The highest BCUT2D eigenvalue weighted by molar-refractivity contribution is 7.21. The number of rotatable bonds is 4. The van der Waals surface area contributed by atoms with Gasteiger partial charge in [0.05, 0.1) is 23.4 Å². The Bertz CT molecular complexity index is 1230. The first-order chi connectivity index (χ1) is 14.7. The summed E-state index contributed by atoms with van der Waals surface area (Å²) in [6, 6.07) is 11.4. The fraction of sp³-hybridized carbons (Fsp3) is 0.217. The van der Waals surface area contributed by atoms with Crippen LogP contribution in [0.2, 0.25) is 0 Å². The van der Waals surface area contributed by atoms with Gasteiger partial charge in [-0.15, -0.1) is 22.7 Å². The summed E-state index contributed by atoms with van der Waals surface area (Å²) in [6.45, 7) is 0. The van der Waals surface area contributed by atoms with Gasteiger partial charge in [0.2, 0.25) is 0 Å². The molecule has 0 saturated carbocycles. The van der Waals surface area contributed by atoms with E-state index in [2.05, 4.69) is 22.8 Å². The molecule has 3 aromatic heterocycles. The van der Waals surface area contributed by atoms with E-state index >= 15 is 0 Å². The number of thiophene rings is 2. The number of carbonyl (C=O) groups is 1. The van der Waals surface area contributed by atoms with Crippen LogP contribution in [-0.2, 0) is 12.8 Å². The molecule has 30 heavy (non-hydrogen) atoms. The van der Waals surface area contributed by atoms with Crippen molar-refractivity contribution in [1.29, 1.82) is 0 Å². The van der Waals surface area contributed by atoms with Crippen LogP contribution in [0.15, 0.2) is 41.8 Å². The zero-order chi connectivity index (χ0) is 20.7. The molecule has 3 N–H and O–H groups in total. The molecule has 1 aromatic carbocycles. The summed E-state index contributed by atoms with van der Waals surface area (Å²) in [5.74, 6) is 0.536. The molecule has 4 aromatic rings. The predicted octanol–water partition coefficient (Wildman–Crippen LogP) is 5.75. The second-order valence-electron chi connectivity index (χ2n) is 7.31. The fourth-order valence-corrected chi connectivity index (χ4v) is 5.82. The maximum Gasteiger partial charge on any atom is 0.267 e. The molecule has 0 radical (unpaired) electrons. The largest absolute Gasteiger partial charge is 0.497 e. The van der Waals surface area contributed by atoms with Crippen LogP contribution in [0.1, 0.15) is 33.6 Å². The molecule has 0 saturated heterocycles. The number of hydrogen-bond acceptors (Lipinski definition) is 6. The molecular weight excluding hydrogens is 414 g/mol. The van der Waals surface area contributed by atoms with Crippen molar-refractivity contribution in [2.75, 3.05) is 18.2 Å². The van der Waals surface area contributed by atoms with E-state index in [0.717, 1.165) is 47.3 Å². The summed E-state index contributed by atoms with van der Waals surface area (Å²) in [5, 5.41) is 5.99. The number of pyridine rings is 1. The van der Waals surface area contributed by atoms with Gasteiger partial charge in [0.25, 0.3) is 5.91 Å². The van der Waals surface area contributed by atoms with Crippen molar-refractivity contribution >= 4 is 50.2 Å². The number of hydrogen-bond donors (Lipinski definition) is 2. The summed E-state index contributed by atoms with van der Waals surface area (Å²) in [4.78, 5) is 20.5. The molecule has 7 heteroatoms. The highest BCUT2D eigenvalue weighted by Gasteiger charge is 2.26. The molecule has 0 spiro atoms. The lowest BCUT2D eigenvalue weighted by Crippen LogP contribution is -2.12. The van der Waals surface area contributed by atoms with Gasteiger partial charge in [-0.2, -0.15) is 0 Å². The highest BCUT2D eigenvalue weighted by atomic mass is 32.1. The fourth-order valence-electron chi connectivity index (χ4n) is 4.06. The third-order valence-corrected chi connectivity index (χ3v) is 7.48. The summed E-state index contributed by atoms with van der Waals surface area (Å²) >= 11 is 3.08. The van der Waals surface area contributed by atoms with Crippen molar-refractivity contribution < 1.29 is 9.53 Å². The van der Waals surface area contributed by atoms with E-state index < -0.39 is 0 Å². The first-order valence-corrected chi connectivity index (χ1v) is 11.6. The number of anilines is 2. The number of nitrogens with zero attached hydrogens (tertiary/aromatic N) is 1. The predicted molar refractivity (Wildman–Crippen MR) is 125 cm³/mol. The maximum atomic E-state index is 13.0. The first-order valence-electron chi connectivity index (χ1n) is 9.88. The van der Waals surface area contributed by atoms with Gasteiger partial charge in [-0.1, -0.05) is 6.07 Å². The smallest absolute Gasteiger partial charge is 0.267 e. The van der Waals surface area contributed by atoms with Crippen LogP contribution in [0.5, 0.6) is 5.75 Å². The van der Waals surface area contributed by atoms with Crippen LogP contribution in [0.3, 0.4) is 0 Å². The average Bonchev–Trinajstić information content (AvgIpc) is 3.42. The summed E-state index contributed by atoms with van der Waals surface area (Å²) < 4.78 is 5.17. The van der Waals surface area contributed by atoms with Gasteiger partial charge in [-0.3, -0.25) is 4.79 Å². The zero-order valence-corrected chi connectivity index (χ0v) is 18.2. The second-order valence-corrected chi connectivity index (χ2v) is 9.26. The van der Waals surface area contributed by atoms with Crippen molar-refractivity contribution in [2.45, 2.75) is 25.7 Å². The third-order valence-electron chi connectivity index (χ3n) is 5.50. The van der Waals surface area contributed by atoms with Crippen molar-refractivity contribution in [2.24, 2.45) is 0 Å². The molecule has 0 bridgehead atoms. The number of nitrogen functional groups attached to an aromatic ring is 1. The van der Waals surface area contributed by atoms with E-state index in [1.807, 2.05) is 24.3 Å². The van der Waals surface area contributed by atoms with Crippen molar-refractivity contribution in [3.05, 3.63) is 57.8 Å². The highest BCUT2D eigenvalue weighted by Crippen LogP contribution is 2.43. The number of ether oxygens (including phenoxy) is 1. The average molecular weight is 436 g/mol. The molecule has 0 atom stereocenters. The maximum absolute atomic E-state index is 13.0. The minimum atomic E-state index is -0.206. The summed E-state index contributed by atoms with van der Waals surface area (Å²) in [5.41, 5.74) is 11.4. The van der Waals surface area contributed by atoms with E-state index in [4.69, 9.17) is 15.5 Å². The summed E-state index contributed by atoms with van der Waals surface area (Å²) in [6.07, 6.45) is 4.29. The number of nitrogens with two attached hydrogens (primary N) is 1. The lowest BCUT2D eigenvalue weighted by atomic mass is 9.88. The number of aromatic nitrogens is 1. The van der Waals surface area contributed by atoms with Crippen LogP contribution in [0.4, 0.5) is 11.4 Å². The number of benzene rings is 1. The van der Waals surface area contributed by atoms with Crippen LogP contribution in [0.25, 0.3) is 20.8 Å². The molecule has 3 heterocycles. The van der Waals surface area contributed by atoms with Gasteiger partial charge >= 0.3 is 0 Å². The summed E-state index contributed by atoms with van der Waals surface area (Å²) in [7, 11) is 1.61. The Morgan fingerprint density at radius 2 is 1.90 bits per heavy atom. The van der Waals surface area contributed by atoms with Crippen molar-refractivity contribution in [3.8, 4) is 16.3 Å². The molecule has 0 aliphatic heterocycles. The number of amides is 1. The Balaban J connectivity index is 1.58. The second kappa shape index (κ2) is 7.74. The molecular formula is C23H21N3O2S2. The minimum absolute atomic E-state index is 0.206.